The second-order valence-electron chi connectivity index (χ2n) is 12.7. The molecule has 1 aliphatic heterocycles. The molecule has 0 aromatic heterocycles. The first kappa shape index (κ1) is 31.4. The molecule has 9 heteroatoms. The largest absolute Gasteiger partial charge is 0.449 e. The highest BCUT2D eigenvalue weighted by Gasteiger charge is 2.37. The number of alkyl carbamates (subject to hydrolysis) is 1. The summed E-state index contributed by atoms with van der Waals surface area (Å²) in [6.45, 7) is 8.26. The number of ketones is 2. The Morgan fingerprint density at radius 1 is 0.955 bits per heavy atom. The number of unbranched alkanes of at least 4 members (excludes halogenated alkanes) is 1. The van der Waals surface area contributed by atoms with Gasteiger partial charge in [-0.2, -0.15) is 0 Å². The summed E-state index contributed by atoms with van der Waals surface area (Å²) < 4.78 is 11.1. The lowest BCUT2D eigenvalue weighted by Gasteiger charge is -2.30. The zero-order chi connectivity index (χ0) is 31.3. The maximum Gasteiger partial charge on any atom is 0.407 e. The van der Waals surface area contributed by atoms with Crippen LogP contribution in [-0.2, 0) is 23.9 Å². The van der Waals surface area contributed by atoms with Crippen LogP contribution in [0.25, 0.3) is 11.1 Å². The molecule has 2 aromatic carbocycles. The molecule has 0 spiro atoms. The van der Waals surface area contributed by atoms with E-state index in [0.717, 1.165) is 22.3 Å². The molecule has 1 heterocycles. The van der Waals surface area contributed by atoms with Gasteiger partial charge in [-0.15, -0.1) is 0 Å². The summed E-state index contributed by atoms with van der Waals surface area (Å²) >= 11 is 0. The van der Waals surface area contributed by atoms with Crippen molar-refractivity contribution in [2.45, 2.75) is 64.8 Å². The number of morpholine rings is 1. The van der Waals surface area contributed by atoms with E-state index in [4.69, 9.17) is 9.47 Å². The van der Waals surface area contributed by atoms with E-state index < -0.39 is 12.1 Å². The maximum absolute atomic E-state index is 13.4. The molecule has 2 aromatic rings. The smallest absolute Gasteiger partial charge is 0.407 e. The fraction of sp³-hybridized carbons (Fsp3) is 0.486. The fourth-order valence-electron chi connectivity index (χ4n) is 6.56. The predicted octanol–water partition coefficient (Wildman–Crippen LogP) is 4.74. The average Bonchev–Trinajstić information content (AvgIpc) is 3.32. The van der Waals surface area contributed by atoms with Crippen LogP contribution in [0.1, 0.15) is 69.9 Å². The fourth-order valence-corrected chi connectivity index (χ4v) is 6.56. The number of ether oxygens (including phenoxy) is 2. The summed E-state index contributed by atoms with van der Waals surface area (Å²) in [6, 6.07) is 15.6. The number of amides is 2. The van der Waals surface area contributed by atoms with E-state index >= 15 is 0 Å². The molecule has 1 saturated heterocycles. The van der Waals surface area contributed by atoms with Gasteiger partial charge < -0.3 is 25.0 Å². The molecule has 234 valence electrons. The molecular weight excluding hydrogens is 558 g/mol. The number of carbonyl (C=O) groups excluding carboxylic acids is 4. The van der Waals surface area contributed by atoms with Gasteiger partial charge in [-0.25, -0.2) is 4.79 Å². The lowest BCUT2D eigenvalue weighted by molar-refractivity contribution is -0.137. The van der Waals surface area contributed by atoms with E-state index in [-0.39, 0.29) is 41.0 Å². The van der Waals surface area contributed by atoms with Crippen LogP contribution >= 0.6 is 0 Å². The second kappa shape index (κ2) is 13.8. The van der Waals surface area contributed by atoms with Crippen LogP contribution in [0.2, 0.25) is 0 Å². The highest BCUT2D eigenvalue weighted by Crippen LogP contribution is 2.44. The van der Waals surface area contributed by atoms with Gasteiger partial charge in [0.05, 0.1) is 18.8 Å². The van der Waals surface area contributed by atoms with Gasteiger partial charge in [0.2, 0.25) is 5.91 Å². The maximum atomic E-state index is 13.4. The molecule has 2 aliphatic carbocycles. The Hall–Kier alpha value is -3.98. The van der Waals surface area contributed by atoms with Gasteiger partial charge in [0.15, 0.2) is 11.6 Å². The van der Waals surface area contributed by atoms with E-state index in [9.17, 15) is 19.2 Å². The minimum atomic E-state index is -0.730. The van der Waals surface area contributed by atoms with Crippen molar-refractivity contribution in [2.75, 3.05) is 39.5 Å². The first-order valence-electron chi connectivity index (χ1n) is 15.6. The molecule has 1 saturated carbocycles. The summed E-state index contributed by atoms with van der Waals surface area (Å²) in [7, 11) is 0. The Labute approximate surface area is 259 Å². The third-order valence-corrected chi connectivity index (χ3v) is 8.78. The van der Waals surface area contributed by atoms with Crippen molar-refractivity contribution in [3.05, 3.63) is 70.9 Å². The van der Waals surface area contributed by atoms with Crippen LogP contribution in [0.5, 0.6) is 0 Å². The molecule has 5 rings (SSSR count). The Kier molecular flexibility index (Phi) is 9.84. The van der Waals surface area contributed by atoms with E-state index in [1.54, 1.807) is 11.8 Å². The van der Waals surface area contributed by atoms with Crippen molar-refractivity contribution in [3.8, 4) is 11.1 Å². The molecule has 44 heavy (non-hydrogen) atoms. The number of rotatable bonds is 10. The number of carbonyl (C=O) groups is 4. The Bertz CT molecular complexity index is 1370. The number of allylic oxidation sites excluding steroid dienone is 2. The Morgan fingerprint density at radius 2 is 1.55 bits per heavy atom. The molecular formula is C35H43N3O6. The molecule has 1 atom stereocenters. The third-order valence-electron chi connectivity index (χ3n) is 8.78. The molecule has 0 radical (unpaired) electrons. The zero-order valence-corrected chi connectivity index (χ0v) is 25.9. The van der Waals surface area contributed by atoms with Gasteiger partial charge in [0.25, 0.3) is 0 Å². The number of nitrogens with zero attached hydrogens (tertiary/aromatic N) is 1. The number of fused-ring (bicyclic) bond motifs is 3. The summed E-state index contributed by atoms with van der Waals surface area (Å²) in [5.41, 5.74) is 5.13. The normalized spacial score (nSPS) is 18.3. The Balaban J connectivity index is 1.16. The molecule has 0 unspecified atom stereocenters. The van der Waals surface area contributed by atoms with Crippen LogP contribution in [0.15, 0.2) is 59.8 Å². The first-order valence-corrected chi connectivity index (χ1v) is 15.6. The molecule has 3 aliphatic rings. The molecule has 2 N–H and O–H groups in total. The van der Waals surface area contributed by atoms with Gasteiger partial charge in [-0.1, -0.05) is 62.4 Å². The highest BCUT2D eigenvalue weighted by atomic mass is 16.5. The van der Waals surface area contributed by atoms with Gasteiger partial charge in [0.1, 0.15) is 12.6 Å². The van der Waals surface area contributed by atoms with Crippen LogP contribution < -0.4 is 10.6 Å². The van der Waals surface area contributed by atoms with Crippen molar-refractivity contribution in [2.24, 2.45) is 5.41 Å². The summed E-state index contributed by atoms with van der Waals surface area (Å²) in [5, 5.41) is 6.07. The molecule has 2 amide bonds. The highest BCUT2D eigenvalue weighted by molar-refractivity contribution is 6.22. The first-order chi connectivity index (χ1) is 21.1. The quantitative estimate of drug-likeness (QED) is 0.230. The number of hydrogen-bond donors (Lipinski definition) is 2. The lowest BCUT2D eigenvalue weighted by atomic mass is 9.73. The summed E-state index contributed by atoms with van der Waals surface area (Å²) in [5.74, 6) is -0.438. The second-order valence-corrected chi connectivity index (χ2v) is 12.7. The standard InChI is InChI=1S/C35H43N3O6/c1-23(32-30(39)20-35(2,3)21-31(32)40)36-15-9-8-14-29(33(41)38-16-18-43-19-17-38)37-34(42)44-22-28-26-12-6-4-10-24(26)25-11-5-7-13-27(25)28/h4-7,10-13,28-29,36H,8-9,14-22H2,1-3H3,(H,37,42)/t29-/m1/s1. The minimum Gasteiger partial charge on any atom is -0.449 e. The number of benzene rings is 2. The molecule has 2 fully saturated rings. The van der Waals surface area contributed by atoms with E-state index in [0.29, 0.717) is 70.6 Å². The number of nitrogens with one attached hydrogen (secondary N) is 2. The third kappa shape index (κ3) is 7.21. The van der Waals surface area contributed by atoms with Crippen molar-refractivity contribution in [3.63, 3.8) is 0 Å². The SMILES string of the molecule is CC(NCCCC[C@@H](NC(=O)OCC1c2ccccc2-c2ccccc21)C(=O)N1CCOCC1)=C1C(=O)CC(C)(C)CC1=O. The number of hydrogen-bond acceptors (Lipinski definition) is 7. The van der Waals surface area contributed by atoms with Gasteiger partial charge in [0, 0.05) is 44.1 Å². The van der Waals surface area contributed by atoms with E-state index in [1.165, 1.54) is 0 Å². The van der Waals surface area contributed by atoms with Crippen molar-refractivity contribution in [1.29, 1.82) is 0 Å². The zero-order valence-electron chi connectivity index (χ0n) is 25.9. The van der Waals surface area contributed by atoms with E-state index in [2.05, 4.69) is 34.9 Å². The average molecular weight is 602 g/mol. The molecule has 0 bridgehead atoms. The van der Waals surface area contributed by atoms with Gasteiger partial charge >= 0.3 is 6.09 Å². The predicted molar refractivity (Wildman–Crippen MR) is 167 cm³/mol. The molecule has 9 nitrogen and oxygen atoms in total. The number of Topliss-reactive ketones (excluding diaryl/α,β-unsaturated/α-hetero) is 2. The van der Waals surface area contributed by atoms with Gasteiger partial charge in [-0.05, 0) is 53.9 Å². The minimum absolute atomic E-state index is 0.0704. The van der Waals surface area contributed by atoms with E-state index in [1.807, 2.05) is 38.1 Å². The van der Waals surface area contributed by atoms with Crippen LogP contribution in [0, 0.1) is 5.41 Å². The summed E-state index contributed by atoms with van der Waals surface area (Å²) in [4.78, 5) is 53.4. The monoisotopic (exact) mass is 601 g/mol. The van der Waals surface area contributed by atoms with Crippen LogP contribution in [0.3, 0.4) is 0 Å². The lowest BCUT2D eigenvalue weighted by Crippen LogP contribution is -2.52. The van der Waals surface area contributed by atoms with Gasteiger partial charge in [-0.3, -0.25) is 14.4 Å². The Morgan fingerprint density at radius 3 is 2.16 bits per heavy atom. The van der Waals surface area contributed by atoms with Crippen molar-refractivity contribution >= 4 is 23.6 Å². The topological polar surface area (TPSA) is 114 Å². The van der Waals surface area contributed by atoms with Crippen molar-refractivity contribution < 1.29 is 28.7 Å². The van der Waals surface area contributed by atoms with Crippen LogP contribution in [-0.4, -0.2) is 74.0 Å². The van der Waals surface area contributed by atoms with Crippen LogP contribution in [0.4, 0.5) is 4.79 Å². The summed E-state index contributed by atoms with van der Waals surface area (Å²) in [6.07, 6.45) is 1.88. The van der Waals surface area contributed by atoms with Crippen molar-refractivity contribution in [1.82, 2.24) is 15.5 Å².